The lowest BCUT2D eigenvalue weighted by Gasteiger charge is -2.27. The van der Waals surface area contributed by atoms with Crippen LogP contribution in [0.2, 0.25) is 0 Å². The highest BCUT2D eigenvalue weighted by atomic mass is 15.1. The van der Waals surface area contributed by atoms with E-state index in [1.54, 1.807) is 0 Å². The van der Waals surface area contributed by atoms with Crippen LogP contribution in [-0.2, 0) is 0 Å². The van der Waals surface area contributed by atoms with Gasteiger partial charge < -0.3 is 10.3 Å². The van der Waals surface area contributed by atoms with Crippen molar-refractivity contribution in [2.45, 2.75) is 44.9 Å². The molecule has 0 aliphatic carbocycles. The summed E-state index contributed by atoms with van der Waals surface area (Å²) in [5.74, 6) is 0. The highest BCUT2D eigenvalue weighted by Gasteiger charge is 2.09. The van der Waals surface area contributed by atoms with Crippen LogP contribution in [0.1, 0.15) is 44.9 Å². The molecular weight excluding hydrogens is 172 g/mol. The summed E-state index contributed by atoms with van der Waals surface area (Å²) in [6.45, 7) is 1.23. The van der Waals surface area contributed by atoms with E-state index >= 15 is 0 Å². The van der Waals surface area contributed by atoms with Gasteiger partial charge >= 0.3 is 0 Å². The lowest BCUT2D eigenvalue weighted by Crippen LogP contribution is -2.23. The Balaban J connectivity index is 2.17. The Labute approximate surface area is 87.5 Å². The summed E-state index contributed by atoms with van der Waals surface area (Å²) >= 11 is 0. The van der Waals surface area contributed by atoms with E-state index in [1.165, 1.54) is 50.6 Å². The summed E-state index contributed by atoms with van der Waals surface area (Å²) in [5, 5.41) is 6.92. The zero-order valence-electron chi connectivity index (χ0n) is 9.26. The van der Waals surface area contributed by atoms with Gasteiger partial charge in [0.25, 0.3) is 0 Å². The summed E-state index contributed by atoms with van der Waals surface area (Å²) in [6.07, 6.45) is 12.4. The van der Waals surface area contributed by atoms with E-state index in [0.29, 0.717) is 0 Å². The predicted molar refractivity (Wildman–Crippen MR) is 61.8 cm³/mol. The Kier molecular flexibility index (Phi) is 5.35. The number of unbranched alkanes of at least 4 members (excludes halogenated alkanes) is 3. The smallest absolute Gasteiger partial charge is 0.0171 e. The van der Waals surface area contributed by atoms with Gasteiger partial charge in [-0.2, -0.15) is 0 Å². The molecule has 1 heterocycles. The number of hydrogen-bond acceptors (Lipinski definition) is 2. The van der Waals surface area contributed by atoms with Crippen molar-refractivity contribution in [3.8, 4) is 0 Å². The standard InChI is InChI=1S/C12H22N2/c1-14-11-7-5-9-12(14)8-4-2-3-6-10-13/h8,10,13H,2-7,9,11H2,1H3/b12-8+,13-10?. The van der Waals surface area contributed by atoms with E-state index in [-0.39, 0.29) is 0 Å². The van der Waals surface area contributed by atoms with E-state index in [9.17, 15) is 0 Å². The van der Waals surface area contributed by atoms with Gasteiger partial charge in [0, 0.05) is 19.3 Å². The predicted octanol–water partition coefficient (Wildman–Crippen LogP) is 3.20. The average molecular weight is 194 g/mol. The van der Waals surface area contributed by atoms with E-state index in [1.807, 2.05) is 0 Å². The molecule has 14 heavy (non-hydrogen) atoms. The van der Waals surface area contributed by atoms with Crippen LogP contribution in [0, 0.1) is 5.41 Å². The van der Waals surface area contributed by atoms with Gasteiger partial charge in [0.2, 0.25) is 0 Å². The average Bonchev–Trinajstić information content (AvgIpc) is 2.20. The maximum absolute atomic E-state index is 6.92. The molecule has 0 atom stereocenters. The Morgan fingerprint density at radius 2 is 2.07 bits per heavy atom. The van der Waals surface area contributed by atoms with Gasteiger partial charge in [0.1, 0.15) is 0 Å². The minimum Gasteiger partial charge on any atom is -0.378 e. The van der Waals surface area contributed by atoms with Crippen LogP contribution in [0.3, 0.4) is 0 Å². The van der Waals surface area contributed by atoms with Gasteiger partial charge in [0.15, 0.2) is 0 Å². The molecule has 1 N–H and O–H groups in total. The first-order valence-electron chi connectivity index (χ1n) is 5.73. The molecule has 0 saturated carbocycles. The summed E-state index contributed by atoms with van der Waals surface area (Å²) in [7, 11) is 2.20. The number of nitrogens with one attached hydrogen (secondary N) is 1. The highest BCUT2D eigenvalue weighted by Crippen LogP contribution is 2.19. The minimum absolute atomic E-state index is 0.943. The topological polar surface area (TPSA) is 27.1 Å². The van der Waals surface area contributed by atoms with E-state index in [4.69, 9.17) is 5.41 Å². The SMILES string of the molecule is CN1CCCC/C1=C\CCCCC=N. The van der Waals surface area contributed by atoms with Gasteiger partial charge in [-0.25, -0.2) is 0 Å². The molecule has 1 aliphatic rings. The zero-order chi connectivity index (χ0) is 10.2. The second-order valence-corrected chi connectivity index (χ2v) is 4.06. The summed E-state index contributed by atoms with van der Waals surface area (Å²) < 4.78 is 0. The number of nitrogens with zero attached hydrogens (tertiary/aromatic N) is 1. The van der Waals surface area contributed by atoms with Crippen molar-refractivity contribution in [2.24, 2.45) is 0 Å². The monoisotopic (exact) mass is 194 g/mol. The molecule has 2 nitrogen and oxygen atoms in total. The molecule has 0 unspecified atom stereocenters. The maximum Gasteiger partial charge on any atom is 0.0171 e. The molecule has 0 bridgehead atoms. The van der Waals surface area contributed by atoms with Crippen LogP contribution in [0.15, 0.2) is 11.8 Å². The zero-order valence-corrected chi connectivity index (χ0v) is 9.26. The molecule has 0 amide bonds. The largest absolute Gasteiger partial charge is 0.378 e. The first-order chi connectivity index (χ1) is 6.84. The molecule has 0 aromatic heterocycles. The lowest BCUT2D eigenvalue weighted by atomic mass is 10.1. The van der Waals surface area contributed by atoms with Crippen LogP contribution in [0.4, 0.5) is 0 Å². The minimum atomic E-state index is 0.943. The van der Waals surface area contributed by atoms with Crippen LogP contribution >= 0.6 is 0 Å². The van der Waals surface area contributed by atoms with Crippen molar-refractivity contribution in [3.63, 3.8) is 0 Å². The normalized spacial score (nSPS) is 20.1. The third kappa shape index (κ3) is 3.95. The van der Waals surface area contributed by atoms with Crippen molar-refractivity contribution < 1.29 is 0 Å². The summed E-state index contributed by atoms with van der Waals surface area (Å²) in [5.41, 5.74) is 1.53. The van der Waals surface area contributed by atoms with Crippen LogP contribution < -0.4 is 0 Å². The molecule has 1 saturated heterocycles. The summed E-state index contributed by atoms with van der Waals surface area (Å²) in [4.78, 5) is 2.39. The van der Waals surface area contributed by atoms with Gasteiger partial charge in [-0.15, -0.1) is 0 Å². The van der Waals surface area contributed by atoms with Crippen molar-refractivity contribution in [1.29, 1.82) is 5.41 Å². The number of hydrogen-bond donors (Lipinski definition) is 1. The van der Waals surface area contributed by atoms with Gasteiger partial charge in [0.05, 0.1) is 0 Å². The molecule has 80 valence electrons. The third-order valence-corrected chi connectivity index (χ3v) is 2.85. The van der Waals surface area contributed by atoms with Crippen LogP contribution in [-0.4, -0.2) is 24.7 Å². The number of allylic oxidation sites excluding steroid dienone is 2. The van der Waals surface area contributed by atoms with Crippen LogP contribution in [0.25, 0.3) is 0 Å². The first kappa shape index (κ1) is 11.3. The maximum atomic E-state index is 6.92. The Morgan fingerprint density at radius 3 is 2.79 bits per heavy atom. The third-order valence-electron chi connectivity index (χ3n) is 2.85. The van der Waals surface area contributed by atoms with Gasteiger partial charge in [-0.3, -0.25) is 0 Å². The molecule has 1 rings (SSSR count). The Bertz CT molecular complexity index is 196. The molecule has 1 fully saturated rings. The quantitative estimate of drug-likeness (QED) is 0.528. The van der Waals surface area contributed by atoms with E-state index < -0.39 is 0 Å². The number of piperidine rings is 1. The van der Waals surface area contributed by atoms with Crippen molar-refractivity contribution in [3.05, 3.63) is 11.8 Å². The van der Waals surface area contributed by atoms with Gasteiger partial charge in [-0.05, 0) is 51.2 Å². The fourth-order valence-corrected chi connectivity index (χ4v) is 1.91. The second kappa shape index (κ2) is 6.63. The number of rotatable bonds is 5. The molecule has 0 aromatic carbocycles. The molecule has 0 aromatic rings. The summed E-state index contributed by atoms with van der Waals surface area (Å²) in [6, 6.07) is 0. The van der Waals surface area contributed by atoms with Crippen molar-refractivity contribution >= 4 is 6.21 Å². The first-order valence-corrected chi connectivity index (χ1v) is 5.73. The molecule has 0 radical (unpaired) electrons. The molecule has 0 spiro atoms. The van der Waals surface area contributed by atoms with Crippen molar-refractivity contribution in [1.82, 2.24) is 4.90 Å². The Hall–Kier alpha value is -0.790. The van der Waals surface area contributed by atoms with Crippen molar-refractivity contribution in [2.75, 3.05) is 13.6 Å². The van der Waals surface area contributed by atoms with Crippen LogP contribution in [0.5, 0.6) is 0 Å². The fourth-order valence-electron chi connectivity index (χ4n) is 1.91. The Morgan fingerprint density at radius 1 is 1.29 bits per heavy atom. The fraction of sp³-hybridized carbons (Fsp3) is 0.750. The van der Waals surface area contributed by atoms with Gasteiger partial charge in [-0.1, -0.05) is 6.08 Å². The second-order valence-electron chi connectivity index (χ2n) is 4.06. The highest BCUT2D eigenvalue weighted by molar-refractivity contribution is 5.52. The lowest BCUT2D eigenvalue weighted by molar-refractivity contribution is 0.343. The molecular formula is C12H22N2. The molecule has 2 heteroatoms. The number of likely N-dealkylation sites (tertiary alicyclic amines) is 1. The van der Waals surface area contributed by atoms with E-state index in [0.717, 1.165) is 12.8 Å². The molecule has 1 aliphatic heterocycles. The van der Waals surface area contributed by atoms with E-state index in [2.05, 4.69) is 18.0 Å².